The van der Waals surface area contributed by atoms with Crippen molar-refractivity contribution in [2.75, 3.05) is 7.11 Å². The largest absolute Gasteiger partial charge is 0.465 e. The number of hydrogen-bond donors (Lipinski definition) is 1. The van der Waals surface area contributed by atoms with Crippen LogP contribution in [0.5, 0.6) is 0 Å². The van der Waals surface area contributed by atoms with Crippen LogP contribution in [-0.2, 0) is 22.6 Å². The molecule has 0 spiro atoms. The van der Waals surface area contributed by atoms with Crippen molar-refractivity contribution >= 4 is 22.8 Å². The first-order valence-electron chi connectivity index (χ1n) is 7.76. The summed E-state index contributed by atoms with van der Waals surface area (Å²) in [5.74, 6) is -1.03. The summed E-state index contributed by atoms with van der Waals surface area (Å²) >= 11 is 0. The standard InChI is InChI=1S/C19H17FN2O3/c1-25-19(24)16-11-22(17-8-3-2-7-15(16)17)12-18(23)21-10-13-5-4-6-14(20)9-13/h2-9,11H,10,12H2,1H3,(H,21,23). The summed E-state index contributed by atoms with van der Waals surface area (Å²) < 4.78 is 19.7. The Balaban J connectivity index is 1.76. The molecular formula is C19H17FN2O3. The minimum Gasteiger partial charge on any atom is -0.465 e. The number of carbonyl (C=O) groups excluding carboxylic acids is 2. The van der Waals surface area contributed by atoms with Crippen molar-refractivity contribution < 1.29 is 18.7 Å². The molecule has 25 heavy (non-hydrogen) atoms. The summed E-state index contributed by atoms with van der Waals surface area (Å²) in [6, 6.07) is 13.4. The van der Waals surface area contributed by atoms with Crippen LogP contribution in [0.25, 0.3) is 10.9 Å². The van der Waals surface area contributed by atoms with Gasteiger partial charge in [0, 0.05) is 23.6 Å². The van der Waals surface area contributed by atoms with E-state index in [1.807, 2.05) is 24.3 Å². The highest BCUT2D eigenvalue weighted by atomic mass is 19.1. The highest BCUT2D eigenvalue weighted by Crippen LogP contribution is 2.22. The highest BCUT2D eigenvalue weighted by Gasteiger charge is 2.16. The van der Waals surface area contributed by atoms with Crippen LogP contribution < -0.4 is 5.32 Å². The van der Waals surface area contributed by atoms with Gasteiger partial charge in [0.2, 0.25) is 5.91 Å². The van der Waals surface area contributed by atoms with Crippen LogP contribution >= 0.6 is 0 Å². The number of benzene rings is 2. The SMILES string of the molecule is COC(=O)c1cn(CC(=O)NCc2cccc(F)c2)c2ccccc12. The van der Waals surface area contributed by atoms with E-state index in [0.29, 0.717) is 11.1 Å². The maximum atomic E-state index is 13.2. The molecule has 0 atom stereocenters. The van der Waals surface area contributed by atoms with Crippen LogP contribution in [0.4, 0.5) is 4.39 Å². The van der Waals surface area contributed by atoms with Gasteiger partial charge in [-0.1, -0.05) is 30.3 Å². The average Bonchev–Trinajstić information content (AvgIpc) is 2.98. The molecule has 1 heterocycles. The fourth-order valence-corrected chi connectivity index (χ4v) is 2.71. The lowest BCUT2D eigenvalue weighted by Gasteiger charge is -2.07. The average molecular weight is 340 g/mol. The number of para-hydroxylation sites is 1. The minimum atomic E-state index is -0.449. The molecule has 1 amide bonds. The van der Waals surface area contributed by atoms with Gasteiger partial charge in [-0.15, -0.1) is 0 Å². The zero-order valence-corrected chi connectivity index (χ0v) is 13.7. The highest BCUT2D eigenvalue weighted by molar-refractivity contribution is 6.04. The number of methoxy groups -OCH3 is 1. The summed E-state index contributed by atoms with van der Waals surface area (Å²) in [4.78, 5) is 24.1. The number of halogens is 1. The fraction of sp³-hybridized carbons (Fsp3) is 0.158. The number of amides is 1. The Morgan fingerprint density at radius 1 is 1.16 bits per heavy atom. The number of nitrogens with zero attached hydrogens (tertiary/aromatic N) is 1. The van der Waals surface area contributed by atoms with Gasteiger partial charge in [-0.2, -0.15) is 0 Å². The molecule has 5 nitrogen and oxygen atoms in total. The van der Waals surface area contributed by atoms with E-state index in [9.17, 15) is 14.0 Å². The van der Waals surface area contributed by atoms with E-state index in [1.54, 1.807) is 22.9 Å². The Morgan fingerprint density at radius 2 is 1.96 bits per heavy atom. The number of esters is 1. The van der Waals surface area contributed by atoms with Gasteiger partial charge in [-0.25, -0.2) is 9.18 Å². The van der Waals surface area contributed by atoms with Gasteiger partial charge >= 0.3 is 5.97 Å². The van der Waals surface area contributed by atoms with Crippen molar-refractivity contribution in [1.29, 1.82) is 0 Å². The second kappa shape index (κ2) is 7.17. The van der Waals surface area contributed by atoms with E-state index in [4.69, 9.17) is 4.74 Å². The third-order valence-corrected chi connectivity index (χ3v) is 3.89. The molecule has 1 N–H and O–H groups in total. The van der Waals surface area contributed by atoms with Crippen LogP contribution in [0.15, 0.2) is 54.7 Å². The molecule has 1 aromatic heterocycles. The molecule has 0 radical (unpaired) electrons. The number of ether oxygens (including phenoxy) is 1. The molecule has 0 saturated carbocycles. The first-order chi connectivity index (χ1) is 12.1. The molecule has 2 aromatic carbocycles. The summed E-state index contributed by atoms with van der Waals surface area (Å²) in [7, 11) is 1.32. The van der Waals surface area contributed by atoms with Crippen molar-refractivity contribution in [3.63, 3.8) is 0 Å². The van der Waals surface area contributed by atoms with Crippen LogP contribution in [-0.4, -0.2) is 23.6 Å². The molecule has 0 saturated heterocycles. The summed E-state index contributed by atoms with van der Waals surface area (Å²) in [5.41, 5.74) is 1.86. The Labute approximate surface area is 144 Å². The van der Waals surface area contributed by atoms with Crippen LogP contribution in [0.2, 0.25) is 0 Å². The normalized spacial score (nSPS) is 10.6. The van der Waals surface area contributed by atoms with Crippen LogP contribution in [0.3, 0.4) is 0 Å². The van der Waals surface area contributed by atoms with Gasteiger partial charge in [-0.05, 0) is 23.8 Å². The zero-order chi connectivity index (χ0) is 17.8. The van der Waals surface area contributed by atoms with Gasteiger partial charge in [0.1, 0.15) is 12.4 Å². The van der Waals surface area contributed by atoms with Crippen molar-refractivity contribution in [1.82, 2.24) is 9.88 Å². The molecule has 0 aliphatic heterocycles. The first-order valence-corrected chi connectivity index (χ1v) is 7.76. The van der Waals surface area contributed by atoms with E-state index < -0.39 is 5.97 Å². The monoisotopic (exact) mass is 340 g/mol. The summed E-state index contributed by atoms with van der Waals surface area (Å²) in [6.07, 6.45) is 1.61. The van der Waals surface area contributed by atoms with E-state index in [-0.39, 0.29) is 24.8 Å². The third-order valence-electron chi connectivity index (χ3n) is 3.89. The molecule has 128 valence electrons. The van der Waals surface area contributed by atoms with Gasteiger partial charge in [0.25, 0.3) is 0 Å². The van der Waals surface area contributed by atoms with Gasteiger partial charge < -0.3 is 14.6 Å². The maximum absolute atomic E-state index is 13.2. The van der Waals surface area contributed by atoms with E-state index in [2.05, 4.69) is 5.32 Å². The van der Waals surface area contributed by atoms with Gasteiger partial charge in [-0.3, -0.25) is 4.79 Å². The number of nitrogens with one attached hydrogen (secondary N) is 1. The Bertz CT molecular complexity index is 933. The lowest BCUT2D eigenvalue weighted by atomic mass is 10.2. The fourth-order valence-electron chi connectivity index (χ4n) is 2.71. The number of fused-ring (bicyclic) bond motifs is 1. The Morgan fingerprint density at radius 3 is 2.72 bits per heavy atom. The number of aromatic nitrogens is 1. The molecule has 0 aliphatic carbocycles. The Hall–Kier alpha value is -3.15. The minimum absolute atomic E-state index is 0.0484. The van der Waals surface area contributed by atoms with E-state index >= 15 is 0 Å². The van der Waals surface area contributed by atoms with Crippen molar-refractivity contribution in [3.05, 3.63) is 71.7 Å². The molecule has 3 rings (SSSR count). The van der Waals surface area contributed by atoms with Gasteiger partial charge in [0.05, 0.1) is 12.7 Å². The van der Waals surface area contributed by atoms with E-state index in [0.717, 1.165) is 10.9 Å². The second-order valence-electron chi connectivity index (χ2n) is 5.59. The summed E-state index contributed by atoms with van der Waals surface area (Å²) in [6.45, 7) is 0.284. The number of hydrogen-bond acceptors (Lipinski definition) is 3. The van der Waals surface area contributed by atoms with Crippen LogP contribution in [0, 0.1) is 5.82 Å². The predicted octanol–water partition coefficient (Wildman–Crippen LogP) is 2.88. The van der Waals surface area contributed by atoms with Crippen LogP contribution in [0.1, 0.15) is 15.9 Å². The van der Waals surface area contributed by atoms with E-state index in [1.165, 1.54) is 19.2 Å². The quantitative estimate of drug-likeness (QED) is 0.727. The predicted molar refractivity (Wildman–Crippen MR) is 91.5 cm³/mol. The van der Waals surface area contributed by atoms with Crippen molar-refractivity contribution in [2.45, 2.75) is 13.1 Å². The first kappa shape index (κ1) is 16.7. The molecule has 3 aromatic rings. The topological polar surface area (TPSA) is 60.3 Å². The van der Waals surface area contributed by atoms with Crippen molar-refractivity contribution in [2.24, 2.45) is 0 Å². The molecule has 0 fully saturated rings. The third kappa shape index (κ3) is 3.68. The lowest BCUT2D eigenvalue weighted by Crippen LogP contribution is -2.26. The maximum Gasteiger partial charge on any atom is 0.340 e. The number of carbonyl (C=O) groups is 2. The zero-order valence-electron chi connectivity index (χ0n) is 13.7. The number of rotatable bonds is 5. The molecule has 0 unspecified atom stereocenters. The molecular weight excluding hydrogens is 323 g/mol. The Kier molecular flexibility index (Phi) is 4.79. The smallest absolute Gasteiger partial charge is 0.340 e. The summed E-state index contributed by atoms with van der Waals surface area (Å²) in [5, 5.41) is 3.48. The molecule has 0 aliphatic rings. The van der Waals surface area contributed by atoms with Crippen molar-refractivity contribution in [3.8, 4) is 0 Å². The lowest BCUT2D eigenvalue weighted by molar-refractivity contribution is -0.121. The second-order valence-corrected chi connectivity index (χ2v) is 5.59. The molecule has 6 heteroatoms. The van der Waals surface area contributed by atoms with Gasteiger partial charge in [0.15, 0.2) is 0 Å². The molecule has 0 bridgehead atoms.